The standard InChI is InChI=1S/C26H35ClO4S/c1-31-25(30)11-5-3-2-4-8-19-12-14-22(28)21(19)9-6-10-23(29)26(16-7-17-26)18-20-13-15-24(27)32-20/h2,4,6,9,13,15,22-23,28-29H,3,5,7-8,10-12,14,16-18H2,1H3/b4-2+,9-6?/t22-,23+/m1/s1. The van der Waals surface area contributed by atoms with Crippen LogP contribution in [0.25, 0.3) is 0 Å². The maximum Gasteiger partial charge on any atom is 0.305 e. The average Bonchev–Trinajstić information content (AvgIpc) is 3.32. The molecule has 2 N–H and O–H groups in total. The third kappa shape index (κ3) is 6.80. The lowest BCUT2D eigenvalue weighted by molar-refractivity contribution is -0.140. The van der Waals surface area contributed by atoms with Crippen LogP contribution in [0.1, 0.15) is 69.1 Å². The van der Waals surface area contributed by atoms with Crippen molar-refractivity contribution in [3.8, 4) is 0 Å². The number of thiophene rings is 1. The van der Waals surface area contributed by atoms with Crippen molar-refractivity contribution >= 4 is 28.9 Å². The minimum atomic E-state index is -0.419. The van der Waals surface area contributed by atoms with Gasteiger partial charge in [-0.3, -0.25) is 4.79 Å². The summed E-state index contributed by atoms with van der Waals surface area (Å²) >= 11 is 7.69. The lowest BCUT2D eigenvalue weighted by Crippen LogP contribution is -2.42. The number of carbonyl (C=O) groups is 1. The molecule has 2 aliphatic rings. The topological polar surface area (TPSA) is 66.8 Å². The van der Waals surface area contributed by atoms with E-state index >= 15 is 0 Å². The molecule has 0 spiro atoms. The predicted octanol–water partition coefficient (Wildman–Crippen LogP) is 6.16. The van der Waals surface area contributed by atoms with Crippen LogP contribution < -0.4 is 0 Å². The first-order valence-corrected chi connectivity index (χ1v) is 12.8. The van der Waals surface area contributed by atoms with Crippen molar-refractivity contribution in [1.82, 2.24) is 0 Å². The van der Waals surface area contributed by atoms with E-state index in [9.17, 15) is 15.0 Å². The molecule has 0 saturated heterocycles. The number of halogens is 1. The second-order valence-corrected chi connectivity index (χ2v) is 10.8. The van der Waals surface area contributed by atoms with Crippen LogP contribution >= 0.6 is 22.9 Å². The molecule has 0 aromatic carbocycles. The summed E-state index contributed by atoms with van der Waals surface area (Å²) in [7, 11) is 1.41. The molecule has 0 bridgehead atoms. The van der Waals surface area contributed by atoms with Crippen LogP contribution in [0.3, 0.4) is 0 Å². The van der Waals surface area contributed by atoms with Crippen molar-refractivity contribution in [2.75, 3.05) is 7.11 Å². The van der Waals surface area contributed by atoms with Crippen molar-refractivity contribution in [2.24, 2.45) is 5.41 Å². The third-order valence-corrected chi connectivity index (χ3v) is 8.10. The minimum Gasteiger partial charge on any atom is -0.469 e. The molecule has 0 unspecified atom stereocenters. The molecule has 0 aliphatic heterocycles. The Morgan fingerprint density at radius 1 is 1.34 bits per heavy atom. The number of methoxy groups -OCH3 is 1. The number of carbonyl (C=O) groups excluding carboxylic acids is 1. The van der Waals surface area contributed by atoms with E-state index in [0.717, 1.165) is 61.3 Å². The van der Waals surface area contributed by atoms with Crippen LogP contribution in [-0.4, -0.2) is 35.5 Å². The zero-order valence-corrected chi connectivity index (χ0v) is 20.5. The first-order chi connectivity index (χ1) is 15.4. The SMILES string of the molecule is COC(=O)CCC/C=C/CC1=C(C=CC[C@H](O)C2(Cc3ccc(Cl)s3)CCC2)[C@H](O)CC1. The highest BCUT2D eigenvalue weighted by atomic mass is 35.5. The highest BCUT2D eigenvalue weighted by molar-refractivity contribution is 7.16. The van der Waals surface area contributed by atoms with Gasteiger partial charge in [0, 0.05) is 16.7 Å². The van der Waals surface area contributed by atoms with Crippen molar-refractivity contribution in [1.29, 1.82) is 0 Å². The molecule has 2 aliphatic carbocycles. The lowest BCUT2D eigenvalue weighted by Gasteiger charge is -2.45. The van der Waals surface area contributed by atoms with Crippen molar-refractivity contribution in [2.45, 2.75) is 82.8 Å². The first kappa shape index (κ1) is 25.2. The molecule has 4 nitrogen and oxygen atoms in total. The molecule has 1 heterocycles. The molecule has 176 valence electrons. The summed E-state index contributed by atoms with van der Waals surface area (Å²) in [6, 6.07) is 4.01. The van der Waals surface area contributed by atoms with Gasteiger partial charge in [0.15, 0.2) is 0 Å². The van der Waals surface area contributed by atoms with Crippen molar-refractivity contribution in [3.63, 3.8) is 0 Å². The first-order valence-electron chi connectivity index (χ1n) is 11.6. The molecule has 1 aromatic rings. The number of hydrogen-bond acceptors (Lipinski definition) is 5. The zero-order chi connectivity index (χ0) is 23.0. The number of aliphatic hydroxyl groups excluding tert-OH is 2. The Hall–Kier alpha value is -1.40. The fourth-order valence-electron chi connectivity index (χ4n) is 4.73. The lowest BCUT2D eigenvalue weighted by atomic mass is 9.62. The largest absolute Gasteiger partial charge is 0.469 e. The summed E-state index contributed by atoms with van der Waals surface area (Å²) in [4.78, 5) is 12.4. The van der Waals surface area contributed by atoms with Gasteiger partial charge in [0.05, 0.1) is 23.7 Å². The number of aliphatic hydroxyl groups is 2. The number of esters is 1. The number of hydrogen-bond donors (Lipinski definition) is 2. The molecule has 1 saturated carbocycles. The quantitative estimate of drug-likeness (QED) is 0.214. The monoisotopic (exact) mass is 478 g/mol. The van der Waals surface area contributed by atoms with Crippen molar-refractivity contribution in [3.05, 3.63) is 56.8 Å². The summed E-state index contributed by atoms with van der Waals surface area (Å²) < 4.78 is 5.45. The molecule has 3 rings (SSSR count). The molecule has 1 fully saturated rings. The molecule has 2 atom stereocenters. The van der Waals surface area contributed by atoms with Crippen LogP contribution in [0.2, 0.25) is 4.34 Å². The van der Waals surface area contributed by atoms with E-state index in [1.807, 2.05) is 18.2 Å². The van der Waals surface area contributed by atoms with Gasteiger partial charge in [0.25, 0.3) is 0 Å². The smallest absolute Gasteiger partial charge is 0.305 e. The number of ether oxygens (including phenoxy) is 1. The summed E-state index contributed by atoms with van der Waals surface area (Å²) in [6.45, 7) is 0. The highest BCUT2D eigenvalue weighted by Gasteiger charge is 2.43. The fraction of sp³-hybridized carbons (Fsp3) is 0.577. The summed E-state index contributed by atoms with van der Waals surface area (Å²) in [5.41, 5.74) is 2.22. The molecule has 0 radical (unpaired) electrons. The van der Waals surface area contributed by atoms with Crippen LogP contribution in [0, 0.1) is 5.41 Å². The van der Waals surface area contributed by atoms with Gasteiger partial charge in [0.1, 0.15) is 0 Å². The molecular formula is C26H35ClO4S. The van der Waals surface area contributed by atoms with E-state index in [4.69, 9.17) is 11.6 Å². The molecule has 6 heteroatoms. The van der Waals surface area contributed by atoms with Gasteiger partial charge in [-0.15, -0.1) is 11.3 Å². The molecule has 32 heavy (non-hydrogen) atoms. The van der Waals surface area contributed by atoms with Crippen molar-refractivity contribution < 1.29 is 19.7 Å². The second kappa shape index (κ2) is 12.2. The Labute approximate surface area is 200 Å². The van der Waals surface area contributed by atoms with E-state index in [1.54, 1.807) is 11.3 Å². The third-order valence-electron chi connectivity index (χ3n) is 6.87. The van der Waals surface area contributed by atoms with Gasteiger partial charge in [-0.2, -0.15) is 0 Å². The van der Waals surface area contributed by atoms with Gasteiger partial charge in [0.2, 0.25) is 0 Å². The summed E-state index contributed by atoms with van der Waals surface area (Å²) in [5, 5.41) is 21.4. The highest BCUT2D eigenvalue weighted by Crippen LogP contribution is 2.48. The molecular weight excluding hydrogens is 444 g/mol. The Bertz CT molecular complexity index is 850. The second-order valence-electron chi connectivity index (χ2n) is 9.01. The van der Waals surface area contributed by atoms with Crippen LogP contribution in [0.4, 0.5) is 0 Å². The van der Waals surface area contributed by atoms with E-state index in [2.05, 4.69) is 23.0 Å². The maximum atomic E-state index is 11.1. The molecule has 1 aromatic heterocycles. The van der Waals surface area contributed by atoms with Gasteiger partial charge < -0.3 is 14.9 Å². The average molecular weight is 479 g/mol. The van der Waals surface area contributed by atoms with E-state index in [0.29, 0.717) is 12.8 Å². The van der Waals surface area contributed by atoms with Crippen LogP contribution in [0.15, 0.2) is 47.6 Å². The van der Waals surface area contributed by atoms with E-state index in [-0.39, 0.29) is 17.5 Å². The number of rotatable bonds is 12. The minimum absolute atomic E-state index is 0.0447. The summed E-state index contributed by atoms with van der Waals surface area (Å²) in [6.07, 6.45) is 16.8. The van der Waals surface area contributed by atoms with E-state index < -0.39 is 6.10 Å². The Morgan fingerprint density at radius 2 is 2.16 bits per heavy atom. The van der Waals surface area contributed by atoms with Crippen LogP contribution in [-0.2, 0) is 16.0 Å². The maximum absolute atomic E-state index is 11.1. The predicted molar refractivity (Wildman–Crippen MR) is 131 cm³/mol. The Balaban J connectivity index is 1.52. The number of allylic oxidation sites excluding steroid dienone is 3. The Kier molecular flexibility index (Phi) is 9.60. The Morgan fingerprint density at radius 3 is 2.81 bits per heavy atom. The fourth-order valence-corrected chi connectivity index (χ4v) is 5.97. The zero-order valence-electron chi connectivity index (χ0n) is 18.9. The van der Waals surface area contributed by atoms with Crippen LogP contribution in [0.5, 0.6) is 0 Å². The molecule has 0 amide bonds. The summed E-state index contributed by atoms with van der Waals surface area (Å²) in [5.74, 6) is -0.169. The van der Waals surface area contributed by atoms with Gasteiger partial charge in [-0.25, -0.2) is 0 Å². The van der Waals surface area contributed by atoms with Gasteiger partial charge in [-0.1, -0.05) is 47.9 Å². The van der Waals surface area contributed by atoms with Gasteiger partial charge >= 0.3 is 5.97 Å². The number of unbranched alkanes of at least 4 members (excludes halogenated alkanes) is 1. The van der Waals surface area contributed by atoms with Gasteiger partial charge in [-0.05, 0) is 75.5 Å². The van der Waals surface area contributed by atoms with E-state index in [1.165, 1.54) is 24.0 Å². The normalized spacial score (nSPS) is 21.4.